The van der Waals surface area contributed by atoms with Gasteiger partial charge in [0, 0.05) is 18.7 Å². The van der Waals surface area contributed by atoms with Gasteiger partial charge in [0.1, 0.15) is 18.1 Å². The Morgan fingerprint density at radius 1 is 1.28 bits per heavy atom. The maximum atomic E-state index is 11.1. The monoisotopic (exact) mass is 254 g/mol. The van der Waals surface area contributed by atoms with Crippen molar-refractivity contribution < 1.29 is 19.0 Å². The lowest BCUT2D eigenvalue weighted by atomic mass is 10.2. The fraction of sp³-hybridized carbons (Fsp3) is 0.417. The summed E-state index contributed by atoms with van der Waals surface area (Å²) in [5.74, 6) is 1.15. The molecule has 0 bridgehead atoms. The van der Waals surface area contributed by atoms with Crippen molar-refractivity contribution in [1.29, 1.82) is 0 Å². The summed E-state index contributed by atoms with van der Waals surface area (Å²) in [5.41, 5.74) is 5.80. The number of benzene rings is 1. The summed E-state index contributed by atoms with van der Waals surface area (Å²) in [6.45, 7) is 0.278. The van der Waals surface area contributed by atoms with Gasteiger partial charge in [-0.2, -0.15) is 0 Å². The normalized spacial score (nSPS) is 9.94. The van der Waals surface area contributed by atoms with E-state index in [1.54, 1.807) is 27.3 Å². The minimum atomic E-state index is -0.232. The highest BCUT2D eigenvalue weighted by molar-refractivity contribution is 5.76. The Balaban J connectivity index is 2.53. The van der Waals surface area contributed by atoms with Crippen LogP contribution in [0.1, 0.15) is 5.56 Å². The molecule has 100 valence electrons. The molecule has 1 aromatic carbocycles. The molecule has 1 aromatic rings. The highest BCUT2D eigenvalue weighted by atomic mass is 16.5. The number of amides is 1. The Hall–Kier alpha value is -1.79. The van der Waals surface area contributed by atoms with Crippen molar-refractivity contribution in [2.45, 2.75) is 6.61 Å². The average molecular weight is 254 g/mol. The number of methoxy groups -OCH3 is 2. The molecule has 0 aromatic heterocycles. The molecule has 1 rings (SSSR count). The predicted octanol–water partition coefficient (Wildman–Crippen LogP) is 0.471. The van der Waals surface area contributed by atoms with Crippen LogP contribution in [0.25, 0.3) is 0 Å². The van der Waals surface area contributed by atoms with Crippen LogP contribution in [-0.4, -0.2) is 33.8 Å². The van der Waals surface area contributed by atoms with E-state index in [2.05, 4.69) is 10.9 Å². The van der Waals surface area contributed by atoms with Crippen LogP contribution < -0.4 is 20.3 Å². The number of ether oxygens (including phenoxy) is 3. The van der Waals surface area contributed by atoms with Crippen LogP contribution in [0.5, 0.6) is 11.5 Å². The smallest absolute Gasteiger partial charge is 0.260 e. The van der Waals surface area contributed by atoms with Crippen LogP contribution in [0, 0.1) is 0 Å². The lowest BCUT2D eigenvalue weighted by molar-refractivity contribution is -0.126. The first kappa shape index (κ1) is 14.3. The maximum absolute atomic E-state index is 11.1. The van der Waals surface area contributed by atoms with Crippen molar-refractivity contribution in [3.63, 3.8) is 0 Å². The molecule has 2 N–H and O–H groups in total. The molecular weight excluding hydrogens is 236 g/mol. The Bertz CT molecular complexity index is 396. The van der Waals surface area contributed by atoms with Crippen LogP contribution in [0.15, 0.2) is 18.2 Å². The average Bonchev–Trinajstić information content (AvgIpc) is 2.39. The van der Waals surface area contributed by atoms with Gasteiger partial charge in [0.05, 0.1) is 20.8 Å². The third-order valence-corrected chi connectivity index (χ3v) is 2.25. The van der Waals surface area contributed by atoms with Gasteiger partial charge in [-0.1, -0.05) is 0 Å². The van der Waals surface area contributed by atoms with Gasteiger partial charge in [-0.15, -0.1) is 0 Å². The Morgan fingerprint density at radius 3 is 2.67 bits per heavy atom. The summed E-state index contributed by atoms with van der Waals surface area (Å²) in [7, 11) is 4.78. The van der Waals surface area contributed by atoms with E-state index in [-0.39, 0.29) is 12.5 Å². The van der Waals surface area contributed by atoms with Gasteiger partial charge in [0.25, 0.3) is 5.91 Å². The summed E-state index contributed by atoms with van der Waals surface area (Å²) in [6.07, 6.45) is 0. The van der Waals surface area contributed by atoms with Crippen molar-refractivity contribution in [1.82, 2.24) is 10.9 Å². The molecule has 0 spiro atoms. The van der Waals surface area contributed by atoms with E-state index in [1.807, 2.05) is 12.1 Å². The second-order valence-electron chi connectivity index (χ2n) is 3.47. The Morgan fingerprint density at radius 2 is 2.06 bits per heavy atom. The van der Waals surface area contributed by atoms with E-state index in [0.29, 0.717) is 18.1 Å². The van der Waals surface area contributed by atoms with Gasteiger partial charge in [-0.05, 0) is 12.1 Å². The molecule has 0 saturated heterocycles. The lowest BCUT2D eigenvalue weighted by Crippen LogP contribution is -2.36. The predicted molar refractivity (Wildman–Crippen MR) is 66.4 cm³/mol. The molecule has 1 amide bonds. The van der Waals surface area contributed by atoms with Crippen molar-refractivity contribution in [3.05, 3.63) is 23.8 Å². The molecule has 6 nitrogen and oxygen atoms in total. The summed E-state index contributed by atoms with van der Waals surface area (Å²) >= 11 is 0. The lowest BCUT2D eigenvalue weighted by Gasteiger charge is -2.10. The van der Waals surface area contributed by atoms with Crippen LogP contribution in [0.4, 0.5) is 0 Å². The zero-order chi connectivity index (χ0) is 13.4. The number of hydrogen-bond acceptors (Lipinski definition) is 5. The molecule has 0 fully saturated rings. The minimum Gasteiger partial charge on any atom is -0.497 e. The SMILES string of the molecule is CNNC(=O)COCc1ccc(OC)cc1OC. The molecule has 0 aliphatic carbocycles. The van der Waals surface area contributed by atoms with E-state index < -0.39 is 0 Å². The zero-order valence-corrected chi connectivity index (χ0v) is 10.8. The maximum Gasteiger partial charge on any atom is 0.260 e. The minimum absolute atomic E-state index is 0.0178. The molecular formula is C12H18N2O4. The fourth-order valence-electron chi connectivity index (χ4n) is 1.40. The number of carbonyl (C=O) groups excluding carboxylic acids is 1. The number of carbonyl (C=O) groups is 1. The molecule has 18 heavy (non-hydrogen) atoms. The van der Waals surface area contributed by atoms with E-state index in [4.69, 9.17) is 14.2 Å². The molecule has 0 heterocycles. The molecule has 0 atom stereocenters. The van der Waals surface area contributed by atoms with Gasteiger partial charge in [-0.25, -0.2) is 5.43 Å². The van der Waals surface area contributed by atoms with Gasteiger partial charge in [-0.3, -0.25) is 10.2 Å². The highest BCUT2D eigenvalue weighted by Gasteiger charge is 2.06. The molecule has 6 heteroatoms. The van der Waals surface area contributed by atoms with Crippen LogP contribution in [-0.2, 0) is 16.1 Å². The van der Waals surface area contributed by atoms with Crippen molar-refractivity contribution in [3.8, 4) is 11.5 Å². The van der Waals surface area contributed by atoms with Crippen LogP contribution >= 0.6 is 0 Å². The van der Waals surface area contributed by atoms with Gasteiger partial charge >= 0.3 is 0 Å². The standard InChI is InChI=1S/C12H18N2O4/c1-13-14-12(15)8-18-7-9-4-5-10(16-2)6-11(9)17-3/h4-6,13H,7-8H2,1-3H3,(H,14,15). The number of hydrogen-bond donors (Lipinski definition) is 2. The first-order valence-corrected chi connectivity index (χ1v) is 5.45. The van der Waals surface area contributed by atoms with Crippen molar-refractivity contribution in [2.24, 2.45) is 0 Å². The van der Waals surface area contributed by atoms with Gasteiger partial charge < -0.3 is 14.2 Å². The zero-order valence-electron chi connectivity index (χ0n) is 10.8. The summed E-state index contributed by atoms with van der Waals surface area (Å²) < 4.78 is 15.6. The van der Waals surface area contributed by atoms with Crippen molar-refractivity contribution >= 4 is 5.91 Å². The molecule has 0 saturated carbocycles. The number of nitrogens with one attached hydrogen (secondary N) is 2. The van der Waals surface area contributed by atoms with Crippen LogP contribution in [0.2, 0.25) is 0 Å². The van der Waals surface area contributed by atoms with E-state index in [9.17, 15) is 4.79 Å². The van der Waals surface area contributed by atoms with E-state index >= 15 is 0 Å². The Labute approximate surface area is 106 Å². The summed E-state index contributed by atoms with van der Waals surface area (Å²) in [6, 6.07) is 5.43. The summed E-state index contributed by atoms with van der Waals surface area (Å²) in [4.78, 5) is 11.1. The fourth-order valence-corrected chi connectivity index (χ4v) is 1.40. The summed E-state index contributed by atoms with van der Waals surface area (Å²) in [5, 5.41) is 0. The second-order valence-corrected chi connectivity index (χ2v) is 3.47. The highest BCUT2D eigenvalue weighted by Crippen LogP contribution is 2.24. The van der Waals surface area contributed by atoms with Gasteiger partial charge in [0.2, 0.25) is 0 Å². The largest absolute Gasteiger partial charge is 0.497 e. The molecule has 0 radical (unpaired) electrons. The topological polar surface area (TPSA) is 68.8 Å². The number of rotatable bonds is 7. The second kappa shape index (κ2) is 7.52. The first-order chi connectivity index (χ1) is 8.71. The van der Waals surface area contributed by atoms with Crippen LogP contribution in [0.3, 0.4) is 0 Å². The molecule has 0 aliphatic heterocycles. The molecule has 0 unspecified atom stereocenters. The van der Waals surface area contributed by atoms with Crippen molar-refractivity contribution in [2.75, 3.05) is 27.9 Å². The third-order valence-electron chi connectivity index (χ3n) is 2.25. The quantitative estimate of drug-likeness (QED) is 0.692. The van der Waals surface area contributed by atoms with E-state index in [1.165, 1.54) is 0 Å². The Kier molecular flexibility index (Phi) is 5.96. The molecule has 0 aliphatic rings. The van der Waals surface area contributed by atoms with E-state index in [0.717, 1.165) is 5.56 Å². The first-order valence-electron chi connectivity index (χ1n) is 5.45. The van der Waals surface area contributed by atoms with Gasteiger partial charge in [0.15, 0.2) is 0 Å². The number of hydrazine groups is 1. The third kappa shape index (κ3) is 4.23.